The zero-order valence-corrected chi connectivity index (χ0v) is 10.1. The summed E-state index contributed by atoms with van der Waals surface area (Å²) in [5, 5.41) is 0. The molecular formula is C12H21F2NO. The summed E-state index contributed by atoms with van der Waals surface area (Å²) in [5.74, 6) is -2.64. The Balaban J connectivity index is 2.15. The largest absolute Gasteiger partial charge is 0.343 e. The zero-order valence-electron chi connectivity index (χ0n) is 10.1. The molecule has 0 amide bonds. The van der Waals surface area contributed by atoms with Crippen LogP contribution in [0.25, 0.3) is 0 Å². The van der Waals surface area contributed by atoms with Gasteiger partial charge in [0.25, 0.3) is 5.92 Å². The highest BCUT2D eigenvalue weighted by Gasteiger charge is 2.69. The van der Waals surface area contributed by atoms with Gasteiger partial charge in [-0.25, -0.2) is 8.78 Å². The highest BCUT2D eigenvalue weighted by atomic mass is 19.3. The maximum absolute atomic E-state index is 13.8. The summed E-state index contributed by atoms with van der Waals surface area (Å²) < 4.78 is 33.1. The highest BCUT2D eigenvalue weighted by Crippen LogP contribution is 2.53. The van der Waals surface area contributed by atoms with Crippen LogP contribution in [0.3, 0.4) is 0 Å². The van der Waals surface area contributed by atoms with Gasteiger partial charge < -0.3 is 4.74 Å². The van der Waals surface area contributed by atoms with Crippen LogP contribution in [-0.4, -0.2) is 35.7 Å². The normalized spacial score (nSPS) is 37.7. The second-order valence-corrected chi connectivity index (χ2v) is 4.84. The number of hydrogen-bond donors (Lipinski definition) is 0. The predicted molar refractivity (Wildman–Crippen MR) is 58.6 cm³/mol. The molecule has 2 unspecified atom stereocenters. The van der Waals surface area contributed by atoms with Crippen molar-refractivity contribution in [3.63, 3.8) is 0 Å². The second-order valence-electron chi connectivity index (χ2n) is 4.84. The summed E-state index contributed by atoms with van der Waals surface area (Å²) in [4.78, 5) is 2.05. The number of nitrogens with zero attached hydrogens (tertiary/aromatic N) is 1. The summed E-state index contributed by atoms with van der Waals surface area (Å²) in [6.07, 6.45) is 2.41. The van der Waals surface area contributed by atoms with E-state index in [4.69, 9.17) is 4.74 Å². The van der Waals surface area contributed by atoms with Crippen LogP contribution in [0.4, 0.5) is 8.78 Å². The maximum Gasteiger partial charge on any atom is 0.278 e. The van der Waals surface area contributed by atoms with E-state index in [0.29, 0.717) is 6.42 Å². The minimum absolute atomic E-state index is 0.0132. The number of rotatable bonds is 3. The van der Waals surface area contributed by atoms with Crippen molar-refractivity contribution in [2.75, 3.05) is 13.1 Å². The van der Waals surface area contributed by atoms with Gasteiger partial charge >= 0.3 is 0 Å². The van der Waals surface area contributed by atoms with E-state index in [9.17, 15) is 8.78 Å². The number of halogens is 2. The van der Waals surface area contributed by atoms with E-state index in [-0.39, 0.29) is 6.42 Å². The lowest BCUT2D eigenvalue weighted by atomic mass is 9.93. The van der Waals surface area contributed by atoms with Crippen molar-refractivity contribution in [1.82, 2.24) is 4.90 Å². The average Bonchev–Trinajstić information content (AvgIpc) is 2.94. The molecule has 2 fully saturated rings. The van der Waals surface area contributed by atoms with Gasteiger partial charge in [0, 0.05) is 6.42 Å². The quantitative estimate of drug-likeness (QED) is 0.696. The van der Waals surface area contributed by atoms with Gasteiger partial charge in [-0.2, -0.15) is 0 Å². The molecule has 2 aliphatic rings. The van der Waals surface area contributed by atoms with Gasteiger partial charge in [0.2, 0.25) is 0 Å². The Bertz CT molecular complexity index is 255. The molecule has 1 saturated heterocycles. The number of fused-ring (bicyclic) bond motifs is 1. The van der Waals surface area contributed by atoms with Crippen LogP contribution in [0.2, 0.25) is 0 Å². The summed E-state index contributed by atoms with van der Waals surface area (Å²) in [5.41, 5.74) is -0.645. The van der Waals surface area contributed by atoms with Crippen molar-refractivity contribution in [2.45, 2.75) is 63.7 Å². The first-order valence-electron chi connectivity index (χ1n) is 6.37. The first-order chi connectivity index (χ1) is 7.57. The summed E-state index contributed by atoms with van der Waals surface area (Å²) in [6, 6.07) is 0. The molecule has 0 aromatic rings. The number of alkyl halides is 2. The molecule has 2 rings (SSSR count). The fourth-order valence-corrected chi connectivity index (χ4v) is 2.98. The molecule has 4 heteroatoms. The minimum atomic E-state index is -2.64. The third-order valence-electron chi connectivity index (χ3n) is 3.90. The van der Waals surface area contributed by atoms with Crippen LogP contribution in [0.1, 0.15) is 46.0 Å². The molecule has 94 valence electrons. The van der Waals surface area contributed by atoms with E-state index in [0.717, 1.165) is 32.4 Å². The Morgan fingerprint density at radius 3 is 2.38 bits per heavy atom. The van der Waals surface area contributed by atoms with E-state index in [1.807, 2.05) is 13.8 Å². The molecule has 0 bridgehead atoms. The van der Waals surface area contributed by atoms with Gasteiger partial charge in [0.1, 0.15) is 0 Å². The van der Waals surface area contributed by atoms with Crippen molar-refractivity contribution in [3.05, 3.63) is 0 Å². The predicted octanol–water partition coefficient (Wildman–Crippen LogP) is 3.02. The molecule has 0 aromatic heterocycles. The van der Waals surface area contributed by atoms with Gasteiger partial charge in [-0.05, 0) is 32.4 Å². The fourth-order valence-electron chi connectivity index (χ4n) is 2.98. The van der Waals surface area contributed by atoms with Crippen LogP contribution in [0, 0.1) is 0 Å². The highest BCUT2D eigenvalue weighted by molar-refractivity contribution is 5.09. The second kappa shape index (κ2) is 4.22. The first kappa shape index (κ1) is 12.2. The van der Waals surface area contributed by atoms with E-state index in [1.165, 1.54) is 0 Å². The van der Waals surface area contributed by atoms with Gasteiger partial charge in [-0.3, -0.25) is 4.90 Å². The maximum atomic E-state index is 13.8. The number of epoxide rings is 1. The van der Waals surface area contributed by atoms with Gasteiger partial charge in [-0.1, -0.05) is 20.3 Å². The van der Waals surface area contributed by atoms with Crippen LogP contribution >= 0.6 is 0 Å². The van der Waals surface area contributed by atoms with Crippen molar-refractivity contribution in [2.24, 2.45) is 0 Å². The number of hydrogen-bond acceptors (Lipinski definition) is 2. The topological polar surface area (TPSA) is 15.8 Å². The van der Waals surface area contributed by atoms with Crippen molar-refractivity contribution >= 4 is 0 Å². The molecule has 2 atom stereocenters. The molecule has 1 aliphatic carbocycles. The SMILES string of the molecule is CCN(CC)C12CCCCCC(F)(F)C1O2. The summed E-state index contributed by atoms with van der Waals surface area (Å²) in [7, 11) is 0. The van der Waals surface area contributed by atoms with Crippen LogP contribution in [0.15, 0.2) is 0 Å². The van der Waals surface area contributed by atoms with Crippen LogP contribution in [0.5, 0.6) is 0 Å². The lowest BCUT2D eigenvalue weighted by Gasteiger charge is -2.30. The van der Waals surface area contributed by atoms with Gasteiger partial charge in [0.05, 0.1) is 0 Å². The van der Waals surface area contributed by atoms with Crippen molar-refractivity contribution in [1.29, 1.82) is 0 Å². The Morgan fingerprint density at radius 2 is 1.75 bits per heavy atom. The summed E-state index contributed by atoms with van der Waals surface area (Å²) >= 11 is 0. The molecule has 2 nitrogen and oxygen atoms in total. The molecule has 1 heterocycles. The number of ether oxygens (including phenoxy) is 1. The van der Waals surface area contributed by atoms with Gasteiger partial charge in [0.15, 0.2) is 11.8 Å². The van der Waals surface area contributed by atoms with E-state index in [1.54, 1.807) is 0 Å². The molecule has 16 heavy (non-hydrogen) atoms. The van der Waals surface area contributed by atoms with Gasteiger partial charge in [-0.15, -0.1) is 0 Å². The molecule has 0 aromatic carbocycles. The Labute approximate surface area is 95.9 Å². The smallest absolute Gasteiger partial charge is 0.278 e. The van der Waals surface area contributed by atoms with E-state index < -0.39 is 17.8 Å². The average molecular weight is 233 g/mol. The third kappa shape index (κ3) is 1.86. The Kier molecular flexibility index (Phi) is 3.23. The molecule has 1 saturated carbocycles. The lowest BCUT2D eigenvalue weighted by molar-refractivity contribution is -0.0395. The zero-order chi connectivity index (χ0) is 11.8. The lowest BCUT2D eigenvalue weighted by Crippen LogP contribution is -2.45. The molecule has 0 radical (unpaired) electrons. The van der Waals surface area contributed by atoms with E-state index in [2.05, 4.69) is 4.90 Å². The Hall–Kier alpha value is -0.220. The molecule has 0 spiro atoms. The fraction of sp³-hybridized carbons (Fsp3) is 1.00. The molecule has 0 N–H and O–H groups in total. The van der Waals surface area contributed by atoms with Crippen molar-refractivity contribution < 1.29 is 13.5 Å². The summed E-state index contributed by atoms with van der Waals surface area (Å²) in [6.45, 7) is 5.58. The minimum Gasteiger partial charge on any atom is -0.343 e. The van der Waals surface area contributed by atoms with Crippen LogP contribution in [-0.2, 0) is 4.74 Å². The molecule has 1 aliphatic heterocycles. The monoisotopic (exact) mass is 233 g/mol. The standard InChI is InChI=1S/C12H21F2NO/c1-3-15(4-2)12-9-7-5-6-8-11(13,14)10(12)16-12/h10H,3-9H2,1-2H3. The molecular weight excluding hydrogens is 212 g/mol. The van der Waals surface area contributed by atoms with Crippen LogP contribution < -0.4 is 0 Å². The van der Waals surface area contributed by atoms with Crippen molar-refractivity contribution in [3.8, 4) is 0 Å². The third-order valence-corrected chi connectivity index (χ3v) is 3.90. The number of likely N-dealkylation sites (N-methyl/N-ethyl adjacent to an activating group) is 1. The first-order valence-corrected chi connectivity index (χ1v) is 6.37. The van der Waals surface area contributed by atoms with E-state index >= 15 is 0 Å². The Morgan fingerprint density at radius 1 is 1.12 bits per heavy atom.